The van der Waals surface area contributed by atoms with Gasteiger partial charge in [-0.15, -0.1) is 0 Å². The van der Waals surface area contributed by atoms with Gasteiger partial charge in [0.15, 0.2) is 0 Å². The maximum Gasteiger partial charge on any atom is 1.00 e. The number of aliphatic carboxylic acids is 2. The van der Waals surface area contributed by atoms with E-state index in [1.54, 1.807) is 0 Å². The fourth-order valence-corrected chi connectivity index (χ4v) is 2.57. The molecule has 1 unspecified atom stereocenters. The first-order valence-electron chi connectivity index (χ1n) is 5.55. The van der Waals surface area contributed by atoms with Crippen LogP contribution in [0.1, 0.15) is 45.4 Å². The number of carbonyl (C=O) groups excluding carboxylic acids is 2. The van der Waals surface area contributed by atoms with Crippen LogP contribution in [0, 0.1) is 0 Å². The molecular weight excluding hydrogens is 310 g/mol. The zero-order valence-electron chi connectivity index (χ0n) is 12.0. The van der Waals surface area contributed by atoms with Crippen molar-refractivity contribution in [2.24, 2.45) is 0 Å². The van der Waals surface area contributed by atoms with Crippen LogP contribution < -0.4 is 69.3 Å². The number of carboxylic acids is 2. The molecular formula is C10H16Na2O7S. The van der Waals surface area contributed by atoms with Gasteiger partial charge in [-0.2, -0.15) is 8.42 Å². The maximum atomic E-state index is 11.1. The molecule has 0 fully saturated rings. The van der Waals surface area contributed by atoms with E-state index >= 15 is 0 Å². The molecule has 0 amide bonds. The third-order valence-electron chi connectivity index (χ3n) is 2.73. The summed E-state index contributed by atoms with van der Waals surface area (Å²) in [6, 6.07) is 0. The monoisotopic (exact) mass is 326 g/mol. The number of rotatable bonds is 9. The smallest absolute Gasteiger partial charge is 0.550 e. The van der Waals surface area contributed by atoms with Gasteiger partial charge in [0.1, 0.15) is 4.75 Å². The molecule has 1 N–H and O–H groups in total. The van der Waals surface area contributed by atoms with E-state index < -0.39 is 39.6 Å². The number of hydrogen-bond donors (Lipinski definition) is 1. The summed E-state index contributed by atoms with van der Waals surface area (Å²) >= 11 is 0. The van der Waals surface area contributed by atoms with Crippen LogP contribution >= 0.6 is 0 Å². The number of hydrogen-bond acceptors (Lipinski definition) is 6. The average molecular weight is 326 g/mol. The van der Waals surface area contributed by atoms with Gasteiger partial charge in [-0.1, -0.05) is 32.6 Å². The zero-order chi connectivity index (χ0) is 14.4. The Morgan fingerprint density at radius 1 is 1.10 bits per heavy atom. The fraction of sp³-hybridized carbons (Fsp3) is 0.800. The van der Waals surface area contributed by atoms with Gasteiger partial charge in [0.05, 0.1) is 5.97 Å². The molecule has 0 aliphatic heterocycles. The molecule has 0 saturated heterocycles. The summed E-state index contributed by atoms with van der Waals surface area (Å²) in [5.41, 5.74) is 0. The Morgan fingerprint density at radius 3 is 1.90 bits per heavy atom. The summed E-state index contributed by atoms with van der Waals surface area (Å²) in [6.45, 7) is 1.90. The molecule has 0 bridgehead atoms. The van der Waals surface area contributed by atoms with Crippen molar-refractivity contribution in [3.63, 3.8) is 0 Å². The molecule has 1 atom stereocenters. The van der Waals surface area contributed by atoms with Crippen LogP contribution in [0.2, 0.25) is 0 Å². The molecule has 7 nitrogen and oxygen atoms in total. The first kappa shape index (κ1) is 25.8. The summed E-state index contributed by atoms with van der Waals surface area (Å²) in [6.07, 6.45) is 0.454. The minimum atomic E-state index is -5.09. The van der Waals surface area contributed by atoms with E-state index in [1.165, 1.54) is 0 Å². The molecule has 0 aliphatic carbocycles. The molecule has 106 valence electrons. The Hall–Kier alpha value is 0.850. The van der Waals surface area contributed by atoms with E-state index in [4.69, 9.17) is 4.55 Å². The molecule has 0 rings (SSSR count). The van der Waals surface area contributed by atoms with E-state index in [9.17, 15) is 28.2 Å². The Balaban J connectivity index is -0.00000144. The van der Waals surface area contributed by atoms with Crippen molar-refractivity contribution in [3.8, 4) is 0 Å². The van der Waals surface area contributed by atoms with E-state index in [2.05, 4.69) is 0 Å². The minimum absolute atomic E-state index is 0. The topological polar surface area (TPSA) is 135 Å². The van der Waals surface area contributed by atoms with Gasteiger partial charge in [-0.3, -0.25) is 4.55 Å². The van der Waals surface area contributed by atoms with Gasteiger partial charge in [0.2, 0.25) is 0 Å². The van der Waals surface area contributed by atoms with Crippen molar-refractivity contribution in [2.75, 3.05) is 0 Å². The predicted molar refractivity (Wildman–Crippen MR) is 57.7 cm³/mol. The van der Waals surface area contributed by atoms with Crippen molar-refractivity contribution < 1.29 is 91.9 Å². The van der Waals surface area contributed by atoms with Crippen molar-refractivity contribution in [1.29, 1.82) is 0 Å². The van der Waals surface area contributed by atoms with Crippen molar-refractivity contribution in [2.45, 2.75) is 50.2 Å². The minimum Gasteiger partial charge on any atom is -0.550 e. The van der Waals surface area contributed by atoms with Crippen LogP contribution in [-0.4, -0.2) is 29.7 Å². The van der Waals surface area contributed by atoms with Gasteiger partial charge in [0, 0.05) is 12.4 Å². The summed E-state index contributed by atoms with van der Waals surface area (Å²) in [5.74, 6) is -3.99. The van der Waals surface area contributed by atoms with Crippen LogP contribution in [0.15, 0.2) is 0 Å². The van der Waals surface area contributed by atoms with Crippen molar-refractivity contribution >= 4 is 22.1 Å². The van der Waals surface area contributed by atoms with Gasteiger partial charge < -0.3 is 19.8 Å². The van der Waals surface area contributed by atoms with E-state index in [0.717, 1.165) is 12.8 Å². The Kier molecular flexibility index (Phi) is 14.7. The molecule has 0 aliphatic rings. The normalized spacial score (nSPS) is 13.5. The van der Waals surface area contributed by atoms with Crippen molar-refractivity contribution in [3.05, 3.63) is 0 Å². The standard InChI is InChI=1S/C10H18O7S.2Na/c1-2-3-4-5-6-10(9(13)14,7-8(11)12)18(15,16)17;;/h2-7H2,1H3,(H,11,12)(H,13,14)(H,15,16,17);;/q;2*+1/p-2. The number of unbranched alkanes of at least 4 members (excludes halogenated alkanes) is 3. The molecule has 0 heterocycles. The molecule has 10 heteroatoms. The van der Waals surface area contributed by atoms with Gasteiger partial charge in [0.25, 0.3) is 10.1 Å². The number of carbonyl (C=O) groups is 2. The molecule has 0 aromatic carbocycles. The first-order chi connectivity index (χ1) is 8.17. The predicted octanol–water partition coefficient (Wildman–Crippen LogP) is -7.52. The van der Waals surface area contributed by atoms with Gasteiger partial charge in [-0.05, 0) is 6.42 Å². The second-order valence-electron chi connectivity index (χ2n) is 4.12. The van der Waals surface area contributed by atoms with E-state index in [-0.39, 0.29) is 65.5 Å². The second kappa shape index (κ2) is 11.4. The molecule has 0 spiro atoms. The molecule has 0 saturated carbocycles. The average Bonchev–Trinajstić information content (AvgIpc) is 2.19. The fourth-order valence-electron chi connectivity index (χ4n) is 1.66. The summed E-state index contributed by atoms with van der Waals surface area (Å²) < 4.78 is 28.4. The maximum absolute atomic E-state index is 11.1. The van der Waals surface area contributed by atoms with Gasteiger partial charge in [-0.25, -0.2) is 0 Å². The van der Waals surface area contributed by atoms with Gasteiger partial charge >= 0.3 is 59.1 Å². The Morgan fingerprint density at radius 2 is 1.60 bits per heavy atom. The Labute approximate surface area is 162 Å². The SMILES string of the molecule is CCCCCCC(CC(=O)[O-])(C(=O)[O-])S(=O)(=O)O.[Na+].[Na+]. The van der Waals surface area contributed by atoms with Crippen LogP contribution in [0.5, 0.6) is 0 Å². The van der Waals surface area contributed by atoms with Crippen molar-refractivity contribution in [1.82, 2.24) is 0 Å². The first-order valence-corrected chi connectivity index (χ1v) is 6.99. The summed E-state index contributed by atoms with van der Waals surface area (Å²) in [7, 11) is -5.09. The molecule has 0 aromatic heterocycles. The van der Waals surface area contributed by atoms with Crippen LogP contribution in [0.3, 0.4) is 0 Å². The third-order valence-corrected chi connectivity index (χ3v) is 4.23. The number of carboxylic acid groups (broad SMARTS) is 2. The second-order valence-corrected chi connectivity index (χ2v) is 5.85. The molecule has 0 radical (unpaired) electrons. The van der Waals surface area contributed by atoms with Crippen LogP contribution in [0.4, 0.5) is 0 Å². The Bertz CT molecular complexity index is 410. The van der Waals surface area contributed by atoms with Crippen LogP contribution in [-0.2, 0) is 19.7 Å². The van der Waals surface area contributed by atoms with Crippen LogP contribution in [0.25, 0.3) is 0 Å². The quantitative estimate of drug-likeness (QED) is 0.253. The van der Waals surface area contributed by atoms with E-state index in [1.807, 2.05) is 6.92 Å². The van der Waals surface area contributed by atoms with E-state index in [0.29, 0.717) is 6.42 Å². The largest absolute Gasteiger partial charge is 1.00 e. The summed E-state index contributed by atoms with van der Waals surface area (Å²) in [4.78, 5) is 21.4. The molecule has 0 aromatic rings. The molecule has 20 heavy (non-hydrogen) atoms. The zero-order valence-corrected chi connectivity index (χ0v) is 16.9. The third kappa shape index (κ3) is 7.74. The summed E-state index contributed by atoms with van der Waals surface area (Å²) in [5, 5.41) is 21.4.